The van der Waals surface area contributed by atoms with Crippen LogP contribution in [0.2, 0.25) is 0 Å². The van der Waals surface area contributed by atoms with E-state index in [9.17, 15) is 0 Å². The van der Waals surface area contributed by atoms with E-state index >= 15 is 0 Å². The van der Waals surface area contributed by atoms with Crippen LogP contribution < -0.4 is 27.4 Å². The summed E-state index contributed by atoms with van der Waals surface area (Å²) < 4.78 is 5.88. The van der Waals surface area contributed by atoms with E-state index < -0.39 is 18.7 Å². The van der Waals surface area contributed by atoms with Gasteiger partial charge in [0.1, 0.15) is 0 Å². The summed E-state index contributed by atoms with van der Waals surface area (Å²) in [6.45, 7) is 0. The Hall–Kier alpha value is -6.24. The summed E-state index contributed by atoms with van der Waals surface area (Å²) >= 11 is -3.76. The van der Waals surface area contributed by atoms with E-state index in [1.807, 2.05) is 12.4 Å². The van der Waals surface area contributed by atoms with Crippen LogP contribution in [0, 0.1) is 0 Å². The Morgan fingerprint density at radius 3 is 1.25 bits per heavy atom. The zero-order valence-electron chi connectivity index (χ0n) is 28.3. The molecule has 0 fully saturated rings. The quantitative estimate of drug-likeness (QED) is 0.169. The Balaban J connectivity index is 1.31. The van der Waals surface area contributed by atoms with Crippen molar-refractivity contribution in [3.8, 4) is 0 Å². The molecule has 0 N–H and O–H groups in total. The Bertz CT molecular complexity index is 2340. The molecule has 0 radical (unpaired) electrons. The van der Waals surface area contributed by atoms with Gasteiger partial charge >= 0.3 is 307 Å². The van der Waals surface area contributed by atoms with E-state index in [2.05, 4.69) is 196 Å². The number of hydrogen-bond acceptors (Lipinski definition) is 4. The molecule has 3 aliphatic rings. The molecule has 0 aliphatic carbocycles. The summed E-state index contributed by atoms with van der Waals surface area (Å²) in [5.74, 6) is 0. The van der Waals surface area contributed by atoms with Crippen molar-refractivity contribution in [3.05, 3.63) is 217 Å². The zero-order chi connectivity index (χ0) is 34.3. The number of hydrogen-bond donors (Lipinski definition) is 0. The molecule has 0 bridgehead atoms. The van der Waals surface area contributed by atoms with Gasteiger partial charge in [-0.25, -0.2) is 0 Å². The van der Waals surface area contributed by atoms with Gasteiger partial charge in [-0.05, 0) is 0 Å². The predicted molar refractivity (Wildman–Crippen MR) is 214 cm³/mol. The second-order valence-electron chi connectivity index (χ2n) is 13.8. The zero-order valence-corrected chi connectivity index (χ0v) is 30.4. The molecular formula is C47H32GeN4. The summed E-state index contributed by atoms with van der Waals surface area (Å²) in [5, 5.41) is 0. The fourth-order valence-electron chi connectivity index (χ4n) is 9.76. The minimum absolute atomic E-state index is 0.566. The number of para-hydroxylation sites is 5. The molecule has 4 nitrogen and oxygen atoms in total. The summed E-state index contributed by atoms with van der Waals surface area (Å²) in [4.78, 5) is 13.8. The molecule has 2 spiro atoms. The second kappa shape index (κ2) is 11.1. The molecule has 5 heteroatoms. The van der Waals surface area contributed by atoms with Gasteiger partial charge in [-0.1, -0.05) is 0 Å². The Kier molecular flexibility index (Phi) is 6.31. The normalized spacial score (nSPS) is 15.2. The van der Waals surface area contributed by atoms with E-state index in [0.29, 0.717) is 0 Å². The summed E-state index contributed by atoms with van der Waals surface area (Å²) in [7, 11) is 0. The maximum absolute atomic E-state index is 4.46. The van der Waals surface area contributed by atoms with Gasteiger partial charge in [0.25, 0.3) is 0 Å². The minimum atomic E-state index is -3.76. The van der Waals surface area contributed by atoms with Crippen LogP contribution >= 0.6 is 0 Å². The summed E-state index contributed by atoms with van der Waals surface area (Å²) in [5.41, 5.74) is 11.6. The van der Waals surface area contributed by atoms with E-state index in [4.69, 9.17) is 0 Å². The predicted octanol–water partition coefficient (Wildman–Crippen LogP) is 8.12. The fourth-order valence-corrected chi connectivity index (χ4v) is 21.6. The molecule has 1 aromatic heterocycles. The van der Waals surface area contributed by atoms with Gasteiger partial charge in [0.2, 0.25) is 0 Å². The number of rotatable bonds is 2. The SMILES string of the molecule is c1ccc(N2c3cccc[c]3[Ge]3([c]4ccccc42)[c]2ccccc2C2(c4ccccc4N(c4cncnc4)c4ccccc42)c2cccc[c]23)cc1. The first kappa shape index (κ1) is 29.5. The number of benzene rings is 7. The molecule has 0 atom stereocenters. The summed E-state index contributed by atoms with van der Waals surface area (Å²) in [6, 6.07) is 66.1. The average molecular weight is 725 g/mol. The third-order valence-electron chi connectivity index (χ3n) is 11.5. The fraction of sp³-hybridized carbons (Fsp3) is 0.0213. The maximum atomic E-state index is 4.46. The first-order chi connectivity index (χ1) is 25.8. The van der Waals surface area contributed by atoms with Crippen molar-refractivity contribution >= 4 is 65.0 Å². The van der Waals surface area contributed by atoms with Crippen LogP contribution in [-0.2, 0) is 5.41 Å². The van der Waals surface area contributed by atoms with E-state index in [0.717, 1.165) is 17.1 Å². The Morgan fingerprint density at radius 2 is 0.731 bits per heavy atom. The molecular weight excluding hydrogens is 693 g/mol. The molecule has 3 aliphatic heterocycles. The van der Waals surface area contributed by atoms with Crippen molar-refractivity contribution in [3.63, 3.8) is 0 Å². The van der Waals surface area contributed by atoms with Gasteiger partial charge in [0.15, 0.2) is 0 Å². The van der Waals surface area contributed by atoms with Crippen molar-refractivity contribution in [1.82, 2.24) is 9.97 Å². The third-order valence-corrected chi connectivity index (χ3v) is 21.9. The summed E-state index contributed by atoms with van der Waals surface area (Å²) in [6.07, 6.45) is 5.44. The van der Waals surface area contributed by atoms with Crippen molar-refractivity contribution in [2.24, 2.45) is 0 Å². The molecule has 0 saturated heterocycles. The average Bonchev–Trinajstić information content (AvgIpc) is 3.23. The molecule has 244 valence electrons. The topological polar surface area (TPSA) is 32.3 Å². The van der Waals surface area contributed by atoms with E-state index in [1.54, 1.807) is 6.33 Å². The van der Waals surface area contributed by atoms with Crippen LogP contribution in [0.15, 0.2) is 195 Å². The van der Waals surface area contributed by atoms with Crippen LogP contribution in [0.4, 0.5) is 34.1 Å². The second-order valence-corrected chi connectivity index (χ2v) is 21.4. The first-order valence-corrected chi connectivity index (χ1v) is 22.0. The van der Waals surface area contributed by atoms with E-state index in [1.165, 1.54) is 56.9 Å². The molecule has 7 aromatic carbocycles. The monoisotopic (exact) mass is 726 g/mol. The van der Waals surface area contributed by atoms with Crippen LogP contribution in [0.3, 0.4) is 0 Å². The molecule has 8 aromatic rings. The molecule has 4 heterocycles. The first-order valence-electron chi connectivity index (χ1n) is 17.8. The van der Waals surface area contributed by atoms with Crippen molar-refractivity contribution < 1.29 is 0 Å². The van der Waals surface area contributed by atoms with Crippen LogP contribution in [-0.4, -0.2) is 23.2 Å². The van der Waals surface area contributed by atoms with Gasteiger partial charge in [-0.15, -0.1) is 0 Å². The Morgan fingerprint density at radius 1 is 0.346 bits per heavy atom. The third kappa shape index (κ3) is 3.67. The Labute approximate surface area is 305 Å². The van der Waals surface area contributed by atoms with Gasteiger partial charge in [0, 0.05) is 0 Å². The molecule has 0 amide bonds. The van der Waals surface area contributed by atoms with Crippen LogP contribution in [0.1, 0.15) is 22.3 Å². The molecule has 0 saturated carbocycles. The molecule has 52 heavy (non-hydrogen) atoms. The molecule has 0 unspecified atom stereocenters. The number of anilines is 6. The van der Waals surface area contributed by atoms with Gasteiger partial charge in [-0.2, -0.15) is 0 Å². The van der Waals surface area contributed by atoms with Crippen molar-refractivity contribution in [1.29, 1.82) is 0 Å². The van der Waals surface area contributed by atoms with Gasteiger partial charge in [-0.3, -0.25) is 0 Å². The van der Waals surface area contributed by atoms with Crippen LogP contribution in [0.5, 0.6) is 0 Å². The van der Waals surface area contributed by atoms with Gasteiger partial charge < -0.3 is 0 Å². The van der Waals surface area contributed by atoms with Crippen molar-refractivity contribution in [2.75, 3.05) is 9.80 Å². The van der Waals surface area contributed by atoms with Crippen LogP contribution in [0.25, 0.3) is 0 Å². The standard InChI is InChI=1S/C47H32GeN4/c1-2-16-33(17-3-1)51-45-28-14-10-24-41(45)48(42-25-11-15-29-46(42)51)39-22-8-4-18-35(39)47(36-19-5-9-23-40(36)48)37-20-6-12-26-43(37)52(34-30-49-32-50-31-34)44-27-13-7-21-38(44)47/h1-32H. The number of fused-ring (bicyclic) bond motifs is 14. The van der Waals surface area contributed by atoms with E-state index in [-0.39, 0.29) is 0 Å². The number of nitrogens with zero attached hydrogens (tertiary/aromatic N) is 4. The molecule has 11 rings (SSSR count). The number of aromatic nitrogens is 2. The van der Waals surface area contributed by atoms with Crippen molar-refractivity contribution in [2.45, 2.75) is 5.41 Å². The van der Waals surface area contributed by atoms with Gasteiger partial charge in [0.05, 0.1) is 0 Å².